The molecule has 1 saturated heterocycles. The van der Waals surface area contributed by atoms with E-state index in [1.165, 1.54) is 0 Å². The standard InChI is InChI=1S/C16H23NO2/c1-2-7-16(8-10-17-11-9-16)15(19)12-13-3-5-14(18)6-4-13/h3-6,17-18H,2,7-12H2,1H3. The maximum absolute atomic E-state index is 12.7. The van der Waals surface area contributed by atoms with Crippen molar-refractivity contribution in [3.8, 4) is 5.75 Å². The van der Waals surface area contributed by atoms with Crippen LogP contribution in [0, 0.1) is 5.41 Å². The highest BCUT2D eigenvalue weighted by atomic mass is 16.3. The first-order chi connectivity index (χ1) is 9.16. The summed E-state index contributed by atoms with van der Waals surface area (Å²) in [7, 11) is 0. The van der Waals surface area contributed by atoms with Gasteiger partial charge in [-0.2, -0.15) is 0 Å². The average molecular weight is 261 g/mol. The normalized spacial score (nSPS) is 18.2. The molecule has 2 N–H and O–H groups in total. The number of phenolic OH excluding ortho intramolecular Hbond substituents is 1. The molecule has 3 heteroatoms. The molecule has 0 atom stereocenters. The van der Waals surface area contributed by atoms with Crippen LogP contribution in [-0.4, -0.2) is 24.0 Å². The number of carbonyl (C=O) groups excluding carboxylic acids is 1. The average Bonchev–Trinajstić information content (AvgIpc) is 2.43. The molecular formula is C16H23NO2. The van der Waals surface area contributed by atoms with E-state index in [0.29, 0.717) is 12.2 Å². The highest BCUT2D eigenvalue weighted by molar-refractivity contribution is 5.87. The predicted octanol–water partition coefficient (Wildman–Crippen LogP) is 2.67. The second-order valence-electron chi connectivity index (χ2n) is 5.55. The molecule has 0 saturated carbocycles. The molecule has 0 bridgehead atoms. The number of carbonyl (C=O) groups is 1. The van der Waals surface area contributed by atoms with Crippen molar-refractivity contribution in [3.63, 3.8) is 0 Å². The van der Waals surface area contributed by atoms with Crippen molar-refractivity contribution < 1.29 is 9.90 Å². The number of piperidine rings is 1. The van der Waals surface area contributed by atoms with Crippen LogP contribution < -0.4 is 5.32 Å². The number of ketones is 1. The van der Waals surface area contributed by atoms with Crippen LogP contribution in [0.2, 0.25) is 0 Å². The predicted molar refractivity (Wildman–Crippen MR) is 76.3 cm³/mol. The molecule has 1 aromatic rings. The number of benzene rings is 1. The van der Waals surface area contributed by atoms with Crippen molar-refractivity contribution in [2.24, 2.45) is 5.41 Å². The second-order valence-corrected chi connectivity index (χ2v) is 5.55. The van der Waals surface area contributed by atoms with Crippen LogP contribution >= 0.6 is 0 Å². The molecule has 19 heavy (non-hydrogen) atoms. The maximum Gasteiger partial charge on any atom is 0.143 e. The number of Topliss-reactive ketones (excluding diaryl/α,β-unsaturated/α-hetero) is 1. The fourth-order valence-electron chi connectivity index (χ4n) is 3.04. The number of hydrogen-bond donors (Lipinski definition) is 2. The van der Waals surface area contributed by atoms with Crippen LogP contribution in [0.15, 0.2) is 24.3 Å². The molecule has 1 aliphatic rings. The van der Waals surface area contributed by atoms with Crippen LogP contribution in [0.25, 0.3) is 0 Å². The van der Waals surface area contributed by atoms with Gasteiger partial charge in [-0.3, -0.25) is 4.79 Å². The van der Waals surface area contributed by atoms with Gasteiger partial charge in [0, 0.05) is 11.8 Å². The zero-order valence-electron chi connectivity index (χ0n) is 11.6. The van der Waals surface area contributed by atoms with Crippen molar-refractivity contribution in [2.75, 3.05) is 13.1 Å². The first-order valence-corrected chi connectivity index (χ1v) is 7.18. The van der Waals surface area contributed by atoms with Crippen LogP contribution in [0.4, 0.5) is 0 Å². The zero-order valence-corrected chi connectivity index (χ0v) is 11.6. The quantitative estimate of drug-likeness (QED) is 0.856. The third-order valence-electron chi connectivity index (χ3n) is 4.18. The first kappa shape index (κ1) is 14.1. The van der Waals surface area contributed by atoms with Gasteiger partial charge in [0.05, 0.1) is 0 Å². The van der Waals surface area contributed by atoms with E-state index in [4.69, 9.17) is 0 Å². The van der Waals surface area contributed by atoms with Crippen LogP contribution in [-0.2, 0) is 11.2 Å². The van der Waals surface area contributed by atoms with Crippen LogP contribution in [0.3, 0.4) is 0 Å². The zero-order chi connectivity index (χ0) is 13.7. The third kappa shape index (κ3) is 3.35. The highest BCUT2D eigenvalue weighted by Crippen LogP contribution is 2.36. The largest absolute Gasteiger partial charge is 0.508 e. The minimum absolute atomic E-state index is 0.127. The number of hydrogen-bond acceptors (Lipinski definition) is 3. The van der Waals surface area contributed by atoms with Gasteiger partial charge >= 0.3 is 0 Å². The fraction of sp³-hybridized carbons (Fsp3) is 0.562. The lowest BCUT2D eigenvalue weighted by atomic mass is 9.70. The lowest BCUT2D eigenvalue weighted by Crippen LogP contribution is -2.42. The summed E-state index contributed by atoms with van der Waals surface area (Å²) in [4.78, 5) is 12.7. The molecule has 104 valence electrons. The van der Waals surface area contributed by atoms with E-state index in [1.807, 2.05) is 12.1 Å². The van der Waals surface area contributed by atoms with E-state index < -0.39 is 0 Å². The van der Waals surface area contributed by atoms with E-state index in [0.717, 1.165) is 44.3 Å². The van der Waals surface area contributed by atoms with Gasteiger partial charge in [-0.1, -0.05) is 25.5 Å². The monoisotopic (exact) mass is 261 g/mol. The van der Waals surface area contributed by atoms with Gasteiger partial charge in [0.15, 0.2) is 0 Å². The molecule has 1 heterocycles. The van der Waals surface area contributed by atoms with Gasteiger partial charge in [0.1, 0.15) is 11.5 Å². The molecule has 1 fully saturated rings. The summed E-state index contributed by atoms with van der Waals surface area (Å²) < 4.78 is 0. The number of aromatic hydroxyl groups is 1. The number of phenols is 1. The summed E-state index contributed by atoms with van der Waals surface area (Å²) in [6.07, 6.45) is 4.45. The van der Waals surface area contributed by atoms with Gasteiger partial charge in [0.25, 0.3) is 0 Å². The molecule has 1 aromatic carbocycles. The molecule has 2 rings (SSSR count). The molecule has 0 unspecified atom stereocenters. The molecule has 0 aromatic heterocycles. The summed E-state index contributed by atoms with van der Waals surface area (Å²) in [6, 6.07) is 6.98. The van der Waals surface area contributed by atoms with Crippen molar-refractivity contribution in [1.82, 2.24) is 5.32 Å². The SMILES string of the molecule is CCCC1(C(=O)Cc2ccc(O)cc2)CCNCC1. The van der Waals surface area contributed by atoms with E-state index in [2.05, 4.69) is 12.2 Å². The van der Waals surface area contributed by atoms with Gasteiger partial charge in [-0.25, -0.2) is 0 Å². The number of nitrogens with one attached hydrogen (secondary N) is 1. The third-order valence-corrected chi connectivity index (χ3v) is 4.18. The van der Waals surface area contributed by atoms with Crippen LogP contribution in [0.1, 0.15) is 38.2 Å². The molecule has 1 aliphatic heterocycles. The minimum atomic E-state index is -0.127. The second kappa shape index (κ2) is 6.20. The summed E-state index contributed by atoms with van der Waals surface area (Å²) in [5.74, 6) is 0.614. The molecule has 0 radical (unpaired) electrons. The minimum Gasteiger partial charge on any atom is -0.508 e. The Bertz CT molecular complexity index is 413. The molecular weight excluding hydrogens is 238 g/mol. The lowest BCUT2D eigenvalue weighted by molar-refractivity contribution is -0.130. The van der Waals surface area contributed by atoms with Gasteiger partial charge in [-0.15, -0.1) is 0 Å². The van der Waals surface area contributed by atoms with Gasteiger partial charge in [-0.05, 0) is 50.0 Å². The summed E-state index contributed by atoms with van der Waals surface area (Å²) in [5.41, 5.74) is 0.870. The highest BCUT2D eigenvalue weighted by Gasteiger charge is 2.37. The summed E-state index contributed by atoms with van der Waals surface area (Å²) in [6.45, 7) is 4.04. The number of rotatable bonds is 5. The maximum atomic E-state index is 12.7. The van der Waals surface area contributed by atoms with E-state index in [-0.39, 0.29) is 11.2 Å². The lowest BCUT2D eigenvalue weighted by Gasteiger charge is -2.36. The van der Waals surface area contributed by atoms with E-state index in [1.54, 1.807) is 12.1 Å². The summed E-state index contributed by atoms with van der Waals surface area (Å²) >= 11 is 0. The van der Waals surface area contributed by atoms with Gasteiger partial charge in [0.2, 0.25) is 0 Å². The smallest absolute Gasteiger partial charge is 0.143 e. The van der Waals surface area contributed by atoms with Crippen molar-refractivity contribution in [2.45, 2.75) is 39.0 Å². The van der Waals surface area contributed by atoms with Crippen molar-refractivity contribution in [3.05, 3.63) is 29.8 Å². The summed E-state index contributed by atoms with van der Waals surface area (Å²) in [5, 5.41) is 12.6. The molecule has 3 nitrogen and oxygen atoms in total. The molecule has 0 amide bonds. The Balaban J connectivity index is 2.09. The van der Waals surface area contributed by atoms with Crippen molar-refractivity contribution in [1.29, 1.82) is 0 Å². The van der Waals surface area contributed by atoms with E-state index in [9.17, 15) is 9.90 Å². The Morgan fingerprint density at radius 3 is 2.47 bits per heavy atom. The first-order valence-electron chi connectivity index (χ1n) is 7.18. The Labute approximate surface area is 115 Å². The Hall–Kier alpha value is -1.35. The molecule has 0 aliphatic carbocycles. The topological polar surface area (TPSA) is 49.3 Å². The Kier molecular flexibility index (Phi) is 4.59. The van der Waals surface area contributed by atoms with E-state index >= 15 is 0 Å². The fourth-order valence-corrected chi connectivity index (χ4v) is 3.04. The molecule has 0 spiro atoms. The Morgan fingerprint density at radius 2 is 1.89 bits per heavy atom. The van der Waals surface area contributed by atoms with Crippen molar-refractivity contribution >= 4 is 5.78 Å². The van der Waals surface area contributed by atoms with Crippen LogP contribution in [0.5, 0.6) is 5.75 Å². The van der Waals surface area contributed by atoms with Gasteiger partial charge < -0.3 is 10.4 Å². The Morgan fingerprint density at radius 1 is 1.26 bits per heavy atom.